The van der Waals surface area contributed by atoms with Gasteiger partial charge in [0.1, 0.15) is 0 Å². The smallest absolute Gasteiger partial charge is 0.343 e. The molecule has 0 saturated carbocycles. The van der Waals surface area contributed by atoms with E-state index in [1.54, 1.807) is 0 Å². The summed E-state index contributed by atoms with van der Waals surface area (Å²) >= 11 is 0. The van der Waals surface area contributed by atoms with E-state index in [0.29, 0.717) is 0 Å². The first-order chi connectivity index (χ1) is 4.41. The van der Waals surface area contributed by atoms with E-state index >= 15 is 0 Å². The van der Waals surface area contributed by atoms with Crippen LogP contribution in [0.15, 0.2) is 0 Å². The van der Waals surface area contributed by atoms with E-state index in [9.17, 15) is 0 Å². The Balaban J connectivity index is 0. The van der Waals surface area contributed by atoms with Crippen LogP contribution in [0, 0.1) is 6.92 Å². The number of unbranched alkanes of at least 4 members (excludes halogenated alkanes) is 6. The van der Waals surface area contributed by atoms with Gasteiger partial charge in [-0.25, -0.2) is 0 Å². The molecule has 0 atom stereocenters. The molecule has 0 amide bonds. The first-order valence-corrected chi connectivity index (χ1v) is 4.21. The third-order valence-corrected chi connectivity index (χ3v) is 1.60. The summed E-state index contributed by atoms with van der Waals surface area (Å²) in [5.74, 6) is 0. The molecule has 0 bridgehead atoms. The van der Waals surface area contributed by atoms with Crippen LogP contribution in [0.3, 0.4) is 0 Å². The molecule has 0 nitrogen and oxygen atoms in total. The average molecular weight is 213 g/mol. The van der Waals surface area contributed by atoms with Crippen molar-refractivity contribution in [3.8, 4) is 0 Å². The van der Waals surface area contributed by atoms with Crippen LogP contribution < -0.4 is 58.2 Å². The van der Waals surface area contributed by atoms with E-state index in [-0.39, 0.29) is 58.2 Å². The van der Waals surface area contributed by atoms with Gasteiger partial charge in [0.05, 0.1) is 0 Å². The van der Waals surface area contributed by atoms with Gasteiger partial charge in [0, 0.05) is 0 Å². The molecule has 0 aromatic rings. The van der Waals surface area contributed by atoms with Gasteiger partial charge in [-0.3, -0.25) is 0 Å². The summed E-state index contributed by atoms with van der Waals surface area (Å²) in [5.41, 5.74) is 0. The fraction of sp³-hybridized carbons (Fsp3) is 0.889. The minimum absolute atomic E-state index is 0. The van der Waals surface area contributed by atoms with Crippen molar-refractivity contribution in [1.82, 2.24) is 0 Å². The van der Waals surface area contributed by atoms with Crippen LogP contribution in [-0.4, -0.2) is 0 Å². The van der Waals surface area contributed by atoms with Gasteiger partial charge in [-0.2, -0.15) is 6.42 Å². The summed E-state index contributed by atoms with van der Waals surface area (Å²) in [6, 6.07) is 0. The van der Waals surface area contributed by atoms with Gasteiger partial charge < -0.3 is 6.92 Å². The summed E-state index contributed by atoms with van der Waals surface area (Å²) in [6.07, 6.45) is 9.45. The molecule has 0 aliphatic carbocycles. The van der Waals surface area contributed by atoms with E-state index in [1.807, 2.05) is 0 Å². The molecule has 0 rings (SSSR count). The molecule has 0 unspecified atom stereocenters. The fourth-order valence-electron chi connectivity index (χ4n) is 0.957. The maximum absolute atomic E-state index is 3.80. The zero-order valence-electron chi connectivity index (χ0n) is 7.66. The van der Waals surface area contributed by atoms with E-state index in [0.717, 1.165) is 6.42 Å². The van der Waals surface area contributed by atoms with E-state index in [1.165, 1.54) is 38.5 Å². The van der Waals surface area contributed by atoms with Gasteiger partial charge >= 0.3 is 58.2 Å². The Morgan fingerprint density at radius 1 is 0.900 bits per heavy atom. The van der Waals surface area contributed by atoms with Gasteiger partial charge in [0.2, 0.25) is 0 Å². The number of hydrogen-bond donors (Lipinski definition) is 0. The van der Waals surface area contributed by atoms with Gasteiger partial charge in [-0.1, -0.05) is 45.4 Å². The van der Waals surface area contributed by atoms with Gasteiger partial charge in [-0.05, 0) is 0 Å². The van der Waals surface area contributed by atoms with Crippen molar-refractivity contribution in [3.63, 3.8) is 0 Å². The summed E-state index contributed by atoms with van der Waals surface area (Å²) < 4.78 is 0. The first kappa shape index (κ1) is 14.3. The van der Waals surface area contributed by atoms with E-state index in [2.05, 4.69) is 13.8 Å². The van der Waals surface area contributed by atoms with Gasteiger partial charge in [0.15, 0.2) is 0 Å². The largest absolute Gasteiger partial charge is 1.00 e. The Hall–Kier alpha value is 1.81. The second-order valence-electron chi connectivity index (χ2n) is 2.62. The maximum Gasteiger partial charge on any atom is 1.00 e. The Morgan fingerprint density at radius 2 is 1.40 bits per heavy atom. The van der Waals surface area contributed by atoms with Crippen LogP contribution in [0.1, 0.15) is 51.9 Å². The average Bonchev–Trinajstić information content (AvgIpc) is 1.89. The molecule has 10 heavy (non-hydrogen) atoms. The van der Waals surface area contributed by atoms with Crippen molar-refractivity contribution in [3.05, 3.63) is 6.92 Å². The molecular weight excluding hydrogens is 194 g/mol. The zero-order chi connectivity index (χ0) is 6.95. The Morgan fingerprint density at radius 3 is 1.90 bits per heavy atom. The van der Waals surface area contributed by atoms with Crippen molar-refractivity contribution < 1.29 is 58.2 Å². The number of hydrogen-bond acceptors (Lipinski definition) is 0. The Labute approximate surface area is 115 Å². The fourth-order valence-corrected chi connectivity index (χ4v) is 0.957. The third kappa shape index (κ3) is 12.5. The van der Waals surface area contributed by atoms with Crippen LogP contribution in [0.25, 0.3) is 0 Å². The minimum atomic E-state index is 0. The first-order valence-electron chi connectivity index (χ1n) is 4.21. The standard InChI is InChI=1S/C9H19.Rb/c1-3-5-7-9-8-6-4-2;/h1,3-9H2,2H3;/q-1;+1. The van der Waals surface area contributed by atoms with Crippen molar-refractivity contribution in [2.45, 2.75) is 51.9 Å². The van der Waals surface area contributed by atoms with E-state index < -0.39 is 0 Å². The van der Waals surface area contributed by atoms with Crippen molar-refractivity contribution in [1.29, 1.82) is 0 Å². The van der Waals surface area contributed by atoms with Crippen LogP contribution in [0.2, 0.25) is 0 Å². The second kappa shape index (κ2) is 13.4. The molecule has 56 valence electrons. The summed E-state index contributed by atoms with van der Waals surface area (Å²) in [4.78, 5) is 0. The molecule has 0 N–H and O–H groups in total. The quantitative estimate of drug-likeness (QED) is 0.446. The van der Waals surface area contributed by atoms with Crippen molar-refractivity contribution >= 4 is 0 Å². The molecule has 0 radical (unpaired) electrons. The second-order valence-corrected chi connectivity index (χ2v) is 2.62. The molecule has 0 heterocycles. The van der Waals surface area contributed by atoms with Crippen LogP contribution in [-0.2, 0) is 0 Å². The molecule has 0 aliphatic rings. The summed E-state index contributed by atoms with van der Waals surface area (Å²) in [6.45, 7) is 6.05. The van der Waals surface area contributed by atoms with Crippen LogP contribution in [0.5, 0.6) is 0 Å². The zero-order valence-corrected chi connectivity index (χ0v) is 12.6. The SMILES string of the molecule is [CH2-]CCCCCCCC.[Rb+]. The molecule has 1 heteroatoms. The maximum atomic E-state index is 3.80. The predicted octanol–water partition coefficient (Wildman–Crippen LogP) is 0.575. The summed E-state index contributed by atoms with van der Waals surface area (Å²) in [5, 5.41) is 0. The van der Waals surface area contributed by atoms with Gasteiger partial charge in [-0.15, -0.1) is 0 Å². The molecule has 0 aromatic heterocycles. The molecule has 0 aromatic carbocycles. The summed E-state index contributed by atoms with van der Waals surface area (Å²) in [7, 11) is 0. The normalized spacial score (nSPS) is 9.00. The Bertz CT molecular complexity index is 38.0. The van der Waals surface area contributed by atoms with Crippen LogP contribution >= 0.6 is 0 Å². The topological polar surface area (TPSA) is 0 Å². The van der Waals surface area contributed by atoms with Crippen molar-refractivity contribution in [2.75, 3.05) is 0 Å². The molecule has 0 saturated heterocycles. The Kier molecular flexibility index (Phi) is 19.2. The van der Waals surface area contributed by atoms with Crippen molar-refractivity contribution in [2.24, 2.45) is 0 Å². The van der Waals surface area contributed by atoms with Gasteiger partial charge in [0.25, 0.3) is 0 Å². The third-order valence-electron chi connectivity index (χ3n) is 1.60. The molecular formula is C9H19Rb. The molecule has 0 aliphatic heterocycles. The minimum Gasteiger partial charge on any atom is -0.343 e. The van der Waals surface area contributed by atoms with Crippen LogP contribution in [0.4, 0.5) is 0 Å². The monoisotopic (exact) mass is 212 g/mol. The molecule has 0 spiro atoms. The van der Waals surface area contributed by atoms with E-state index in [4.69, 9.17) is 0 Å². The number of rotatable bonds is 6. The molecule has 0 fully saturated rings. The predicted molar refractivity (Wildman–Crippen MR) is 43.4 cm³/mol.